The van der Waals surface area contributed by atoms with Gasteiger partial charge in [-0.3, -0.25) is 4.79 Å². The molecule has 0 aliphatic heterocycles. The predicted molar refractivity (Wildman–Crippen MR) is 85.7 cm³/mol. The first-order chi connectivity index (χ1) is 9.99. The number of fused-ring (bicyclic) bond motifs is 1. The van der Waals surface area contributed by atoms with Crippen molar-refractivity contribution < 1.29 is 9.90 Å². The number of likely N-dealkylation sites (N-methyl/N-ethyl adjacent to an activating group) is 1. The van der Waals surface area contributed by atoms with E-state index in [1.54, 1.807) is 12.1 Å². The summed E-state index contributed by atoms with van der Waals surface area (Å²) in [5.74, 6) is -0.223. The van der Waals surface area contributed by atoms with Gasteiger partial charge in [0.25, 0.3) is 5.91 Å². The van der Waals surface area contributed by atoms with E-state index in [1.165, 1.54) is 0 Å². The van der Waals surface area contributed by atoms with E-state index >= 15 is 0 Å². The standard InChI is InChI=1S/C17H22N2O2/c1-12(2)19(3)9-8-18-17(21)15-10-13-6-4-5-7-14(13)11-16(15)20/h4-7,10-12,20H,8-9H2,1-3H3,(H,18,21). The molecule has 0 saturated carbocycles. The largest absolute Gasteiger partial charge is 0.507 e. The van der Waals surface area contributed by atoms with Crippen LogP contribution < -0.4 is 5.32 Å². The molecule has 0 aliphatic carbocycles. The number of hydrogen-bond acceptors (Lipinski definition) is 3. The van der Waals surface area contributed by atoms with Gasteiger partial charge in [0.1, 0.15) is 5.75 Å². The van der Waals surface area contributed by atoms with Crippen molar-refractivity contribution in [2.45, 2.75) is 19.9 Å². The Morgan fingerprint density at radius 2 is 1.86 bits per heavy atom. The van der Waals surface area contributed by atoms with Crippen LogP contribution in [0.5, 0.6) is 5.75 Å². The molecule has 21 heavy (non-hydrogen) atoms. The highest BCUT2D eigenvalue weighted by molar-refractivity contribution is 6.01. The van der Waals surface area contributed by atoms with Gasteiger partial charge in [-0.05, 0) is 43.8 Å². The number of aromatic hydroxyl groups is 1. The van der Waals surface area contributed by atoms with E-state index < -0.39 is 0 Å². The van der Waals surface area contributed by atoms with Crippen LogP contribution in [0.2, 0.25) is 0 Å². The Balaban J connectivity index is 2.07. The van der Waals surface area contributed by atoms with E-state index in [-0.39, 0.29) is 11.7 Å². The summed E-state index contributed by atoms with van der Waals surface area (Å²) in [6.07, 6.45) is 0. The second-order valence-corrected chi connectivity index (χ2v) is 5.55. The van der Waals surface area contributed by atoms with E-state index in [1.807, 2.05) is 31.3 Å². The Hall–Kier alpha value is -2.07. The molecule has 2 N–H and O–H groups in total. The highest BCUT2D eigenvalue weighted by Crippen LogP contribution is 2.24. The van der Waals surface area contributed by atoms with Crippen molar-refractivity contribution in [2.24, 2.45) is 0 Å². The lowest BCUT2D eigenvalue weighted by Crippen LogP contribution is -2.36. The SMILES string of the molecule is CC(C)N(C)CCNC(=O)c1cc2ccccc2cc1O. The first kappa shape index (κ1) is 15.3. The van der Waals surface area contributed by atoms with Crippen molar-refractivity contribution in [1.82, 2.24) is 10.2 Å². The fourth-order valence-corrected chi connectivity index (χ4v) is 2.11. The molecular formula is C17H22N2O2. The summed E-state index contributed by atoms with van der Waals surface area (Å²) in [6, 6.07) is 11.5. The molecule has 0 aromatic heterocycles. The predicted octanol–water partition coefficient (Wildman–Crippen LogP) is 2.62. The van der Waals surface area contributed by atoms with E-state index in [0.29, 0.717) is 18.2 Å². The van der Waals surface area contributed by atoms with E-state index in [4.69, 9.17) is 0 Å². The number of nitrogens with zero attached hydrogens (tertiary/aromatic N) is 1. The summed E-state index contributed by atoms with van der Waals surface area (Å²) in [5.41, 5.74) is 0.320. The third kappa shape index (κ3) is 3.73. The molecular weight excluding hydrogens is 264 g/mol. The van der Waals surface area contributed by atoms with Crippen molar-refractivity contribution in [3.63, 3.8) is 0 Å². The van der Waals surface area contributed by atoms with Crippen LogP contribution in [0.15, 0.2) is 36.4 Å². The number of carbonyl (C=O) groups is 1. The lowest BCUT2D eigenvalue weighted by atomic mass is 10.1. The number of benzene rings is 2. The normalized spacial score (nSPS) is 11.3. The van der Waals surface area contributed by atoms with E-state index in [0.717, 1.165) is 17.3 Å². The topological polar surface area (TPSA) is 52.6 Å². The van der Waals surface area contributed by atoms with Gasteiger partial charge in [0, 0.05) is 19.1 Å². The molecule has 4 nitrogen and oxygen atoms in total. The smallest absolute Gasteiger partial charge is 0.255 e. The summed E-state index contributed by atoms with van der Waals surface area (Å²) in [7, 11) is 2.02. The lowest BCUT2D eigenvalue weighted by molar-refractivity contribution is 0.0945. The molecule has 0 aliphatic rings. The van der Waals surface area contributed by atoms with Gasteiger partial charge in [-0.15, -0.1) is 0 Å². The zero-order chi connectivity index (χ0) is 15.4. The van der Waals surface area contributed by atoms with Gasteiger partial charge in [0.15, 0.2) is 0 Å². The fraction of sp³-hybridized carbons (Fsp3) is 0.353. The Labute approximate surface area is 125 Å². The maximum absolute atomic E-state index is 12.2. The van der Waals surface area contributed by atoms with Crippen LogP contribution in [-0.4, -0.2) is 42.1 Å². The molecule has 0 spiro atoms. The highest BCUT2D eigenvalue weighted by atomic mass is 16.3. The second-order valence-electron chi connectivity index (χ2n) is 5.55. The lowest BCUT2D eigenvalue weighted by Gasteiger charge is -2.21. The van der Waals surface area contributed by atoms with Crippen LogP contribution in [0.1, 0.15) is 24.2 Å². The minimum absolute atomic E-state index is 0.0171. The van der Waals surface area contributed by atoms with Crippen LogP contribution in [0.4, 0.5) is 0 Å². The maximum atomic E-state index is 12.2. The van der Waals surface area contributed by atoms with Gasteiger partial charge < -0.3 is 15.3 Å². The monoisotopic (exact) mass is 286 g/mol. The summed E-state index contributed by atoms with van der Waals surface area (Å²) in [4.78, 5) is 14.3. The maximum Gasteiger partial charge on any atom is 0.255 e. The molecule has 0 atom stereocenters. The van der Waals surface area contributed by atoms with E-state index in [9.17, 15) is 9.90 Å². The summed E-state index contributed by atoms with van der Waals surface area (Å²) in [6.45, 7) is 5.55. The molecule has 4 heteroatoms. The average molecular weight is 286 g/mol. The Bertz CT molecular complexity index is 638. The highest BCUT2D eigenvalue weighted by Gasteiger charge is 2.12. The molecule has 0 saturated heterocycles. The minimum Gasteiger partial charge on any atom is -0.507 e. The van der Waals surface area contributed by atoms with Crippen molar-refractivity contribution >= 4 is 16.7 Å². The first-order valence-electron chi connectivity index (χ1n) is 7.19. The number of phenolic OH excluding ortho intramolecular Hbond substituents is 1. The van der Waals surface area contributed by atoms with Gasteiger partial charge in [0.05, 0.1) is 5.56 Å². The molecule has 0 unspecified atom stereocenters. The van der Waals surface area contributed by atoms with Gasteiger partial charge in [-0.25, -0.2) is 0 Å². The van der Waals surface area contributed by atoms with Gasteiger partial charge in [-0.1, -0.05) is 24.3 Å². The number of phenols is 1. The average Bonchev–Trinajstić information content (AvgIpc) is 2.46. The zero-order valence-corrected chi connectivity index (χ0v) is 12.8. The molecule has 112 valence electrons. The van der Waals surface area contributed by atoms with Gasteiger partial charge >= 0.3 is 0 Å². The van der Waals surface area contributed by atoms with E-state index in [2.05, 4.69) is 24.1 Å². The van der Waals surface area contributed by atoms with Crippen molar-refractivity contribution in [3.05, 3.63) is 42.0 Å². The zero-order valence-electron chi connectivity index (χ0n) is 12.8. The summed E-state index contributed by atoms with van der Waals surface area (Å²) in [5, 5.41) is 14.7. The molecule has 2 rings (SSSR count). The fourth-order valence-electron chi connectivity index (χ4n) is 2.11. The van der Waals surface area contributed by atoms with Gasteiger partial charge in [-0.2, -0.15) is 0 Å². The quantitative estimate of drug-likeness (QED) is 0.888. The van der Waals surface area contributed by atoms with Crippen LogP contribution in [0, 0.1) is 0 Å². The van der Waals surface area contributed by atoms with Gasteiger partial charge in [0.2, 0.25) is 0 Å². The number of carbonyl (C=O) groups excluding carboxylic acids is 1. The van der Waals surface area contributed by atoms with Crippen LogP contribution in [0.3, 0.4) is 0 Å². The molecule has 0 bridgehead atoms. The molecule has 0 fully saturated rings. The van der Waals surface area contributed by atoms with Crippen LogP contribution >= 0.6 is 0 Å². The second kappa shape index (κ2) is 6.59. The number of hydrogen-bond donors (Lipinski definition) is 2. The molecule has 0 radical (unpaired) electrons. The molecule has 1 amide bonds. The van der Waals surface area contributed by atoms with Crippen molar-refractivity contribution in [3.8, 4) is 5.75 Å². The number of rotatable bonds is 5. The Kier molecular flexibility index (Phi) is 4.81. The number of amides is 1. The Morgan fingerprint density at radius 1 is 1.24 bits per heavy atom. The summed E-state index contributed by atoms with van der Waals surface area (Å²) >= 11 is 0. The first-order valence-corrected chi connectivity index (χ1v) is 7.19. The van der Waals surface area contributed by atoms with Crippen molar-refractivity contribution in [1.29, 1.82) is 0 Å². The summed E-state index contributed by atoms with van der Waals surface area (Å²) < 4.78 is 0. The Morgan fingerprint density at radius 3 is 2.48 bits per heavy atom. The van der Waals surface area contributed by atoms with Crippen molar-refractivity contribution in [2.75, 3.05) is 20.1 Å². The minimum atomic E-state index is -0.240. The third-order valence-electron chi connectivity index (χ3n) is 3.74. The number of nitrogens with one attached hydrogen (secondary N) is 1. The molecule has 2 aromatic rings. The molecule has 0 heterocycles. The van der Waals surface area contributed by atoms with Crippen LogP contribution in [-0.2, 0) is 0 Å². The van der Waals surface area contributed by atoms with Crippen LogP contribution in [0.25, 0.3) is 10.8 Å². The third-order valence-corrected chi connectivity index (χ3v) is 3.74. The molecule has 2 aromatic carbocycles.